The van der Waals surface area contributed by atoms with Gasteiger partial charge in [0, 0.05) is 12.6 Å². The minimum atomic E-state index is -0.0857. The maximum atomic E-state index is 11.2. The summed E-state index contributed by atoms with van der Waals surface area (Å²) in [7, 11) is 0. The molecule has 0 spiro atoms. The van der Waals surface area contributed by atoms with Crippen LogP contribution in [-0.2, 0) is 9.53 Å². The van der Waals surface area contributed by atoms with Crippen LogP contribution in [0.25, 0.3) is 0 Å². The molecule has 1 rings (SSSR count). The van der Waals surface area contributed by atoms with Gasteiger partial charge in [0.25, 0.3) is 0 Å². The average Bonchev–Trinajstić information content (AvgIpc) is 1.99. The molecule has 1 fully saturated rings. The van der Waals surface area contributed by atoms with Gasteiger partial charge in [-0.1, -0.05) is 12.2 Å². The van der Waals surface area contributed by atoms with Gasteiger partial charge in [-0.15, -0.1) is 0 Å². The number of thiocarbonyl (C=S) groups is 1. The van der Waals surface area contributed by atoms with Gasteiger partial charge in [0.05, 0.1) is 17.5 Å². The molecule has 80 valence electrons. The Bertz CT molecular complexity index is 227. The number of amides is 1. The van der Waals surface area contributed by atoms with Crippen LogP contribution in [0.15, 0.2) is 0 Å². The third-order valence-electron chi connectivity index (χ3n) is 2.20. The Balaban J connectivity index is 2.10. The zero-order valence-electron chi connectivity index (χ0n) is 8.29. The van der Waals surface area contributed by atoms with E-state index in [1.165, 1.54) is 0 Å². The summed E-state index contributed by atoms with van der Waals surface area (Å²) in [5, 5.41) is 2.85. The SMILES string of the molecule is CCOC1CC(NC(=O)CC(N)=S)C1. The molecule has 0 aromatic rings. The predicted octanol–water partition coefficient (Wildman–Crippen LogP) is 0.346. The Hall–Kier alpha value is -0.680. The van der Waals surface area contributed by atoms with Gasteiger partial charge in [-0.3, -0.25) is 4.79 Å². The zero-order chi connectivity index (χ0) is 10.6. The third kappa shape index (κ3) is 3.59. The first-order valence-corrected chi connectivity index (χ1v) is 5.22. The average molecular weight is 216 g/mol. The summed E-state index contributed by atoms with van der Waals surface area (Å²) in [6, 6.07) is 0.244. The van der Waals surface area contributed by atoms with Crippen LogP contribution in [0.3, 0.4) is 0 Å². The predicted molar refractivity (Wildman–Crippen MR) is 58.0 cm³/mol. The Kier molecular flexibility index (Phi) is 4.28. The van der Waals surface area contributed by atoms with E-state index in [9.17, 15) is 4.79 Å². The molecule has 1 saturated carbocycles. The van der Waals surface area contributed by atoms with E-state index in [-0.39, 0.29) is 23.4 Å². The van der Waals surface area contributed by atoms with E-state index < -0.39 is 0 Å². The number of rotatable bonds is 5. The first kappa shape index (κ1) is 11.4. The summed E-state index contributed by atoms with van der Waals surface area (Å²) < 4.78 is 5.37. The first-order chi connectivity index (χ1) is 6.61. The molecule has 0 saturated heterocycles. The number of carbonyl (C=O) groups excluding carboxylic acids is 1. The number of carbonyl (C=O) groups is 1. The van der Waals surface area contributed by atoms with E-state index >= 15 is 0 Å². The number of nitrogens with two attached hydrogens (primary N) is 1. The van der Waals surface area contributed by atoms with E-state index in [4.69, 9.17) is 10.5 Å². The highest BCUT2D eigenvalue weighted by Gasteiger charge is 2.30. The molecule has 0 aliphatic heterocycles. The molecule has 0 unspecified atom stereocenters. The van der Waals surface area contributed by atoms with Crippen LogP contribution >= 0.6 is 12.2 Å². The third-order valence-corrected chi connectivity index (χ3v) is 2.34. The summed E-state index contributed by atoms with van der Waals surface area (Å²) in [4.78, 5) is 11.4. The number of hydrogen-bond donors (Lipinski definition) is 2. The number of ether oxygens (including phenoxy) is 1. The van der Waals surface area contributed by atoms with Crippen molar-refractivity contribution in [3.63, 3.8) is 0 Å². The maximum Gasteiger partial charge on any atom is 0.227 e. The van der Waals surface area contributed by atoms with Gasteiger partial charge in [-0.2, -0.15) is 0 Å². The molecule has 0 radical (unpaired) electrons. The summed E-state index contributed by atoms with van der Waals surface area (Å²) >= 11 is 4.64. The van der Waals surface area contributed by atoms with Crippen LogP contribution < -0.4 is 11.1 Å². The van der Waals surface area contributed by atoms with Crippen molar-refractivity contribution in [1.29, 1.82) is 0 Å². The second kappa shape index (κ2) is 5.26. The van der Waals surface area contributed by atoms with Crippen molar-refractivity contribution in [2.24, 2.45) is 5.73 Å². The lowest BCUT2D eigenvalue weighted by atomic mass is 9.89. The fourth-order valence-corrected chi connectivity index (χ4v) is 1.62. The second-order valence-corrected chi connectivity index (χ2v) is 3.98. The highest BCUT2D eigenvalue weighted by molar-refractivity contribution is 7.80. The molecule has 0 aromatic heterocycles. The van der Waals surface area contributed by atoms with Gasteiger partial charge in [0.1, 0.15) is 0 Å². The molecular formula is C9H16N2O2S. The minimum absolute atomic E-state index is 0.0857. The van der Waals surface area contributed by atoms with Crippen molar-refractivity contribution in [3.8, 4) is 0 Å². The van der Waals surface area contributed by atoms with Crippen molar-refractivity contribution in [2.75, 3.05) is 6.61 Å². The van der Waals surface area contributed by atoms with Crippen molar-refractivity contribution in [1.82, 2.24) is 5.32 Å². The molecule has 14 heavy (non-hydrogen) atoms. The summed E-state index contributed by atoms with van der Waals surface area (Å²) in [6.07, 6.45) is 2.26. The molecule has 3 N–H and O–H groups in total. The quantitative estimate of drug-likeness (QED) is 0.651. The molecule has 1 aliphatic rings. The minimum Gasteiger partial charge on any atom is -0.393 e. The van der Waals surface area contributed by atoms with Gasteiger partial charge in [0.2, 0.25) is 5.91 Å². The highest BCUT2D eigenvalue weighted by Crippen LogP contribution is 2.23. The Labute approximate surface area is 89.2 Å². The van der Waals surface area contributed by atoms with Crippen LogP contribution in [0.4, 0.5) is 0 Å². The first-order valence-electron chi connectivity index (χ1n) is 4.81. The normalized spacial score (nSPS) is 25.2. The molecule has 5 heteroatoms. The van der Waals surface area contributed by atoms with Crippen molar-refractivity contribution in [3.05, 3.63) is 0 Å². The van der Waals surface area contributed by atoms with Crippen LogP contribution in [-0.4, -0.2) is 29.6 Å². The van der Waals surface area contributed by atoms with E-state index in [1.807, 2.05) is 6.92 Å². The van der Waals surface area contributed by atoms with Crippen LogP contribution in [0.1, 0.15) is 26.2 Å². The van der Waals surface area contributed by atoms with E-state index in [0.29, 0.717) is 6.10 Å². The fourth-order valence-electron chi connectivity index (χ4n) is 1.49. The Morgan fingerprint density at radius 3 is 2.79 bits per heavy atom. The van der Waals surface area contributed by atoms with Gasteiger partial charge in [-0.25, -0.2) is 0 Å². The molecule has 0 aromatic carbocycles. The van der Waals surface area contributed by atoms with Gasteiger partial charge in [0.15, 0.2) is 0 Å². The maximum absolute atomic E-state index is 11.2. The topological polar surface area (TPSA) is 64.3 Å². The second-order valence-electron chi connectivity index (χ2n) is 3.46. The number of nitrogens with one attached hydrogen (secondary N) is 1. The standard InChI is InChI=1S/C9H16N2O2S/c1-2-13-7-3-6(4-7)11-9(12)5-8(10)14/h6-7H,2-5H2,1H3,(H2,10,14)(H,11,12). The monoisotopic (exact) mass is 216 g/mol. The van der Waals surface area contributed by atoms with Gasteiger partial charge < -0.3 is 15.8 Å². The largest absolute Gasteiger partial charge is 0.393 e. The Morgan fingerprint density at radius 1 is 1.64 bits per heavy atom. The van der Waals surface area contributed by atoms with E-state index in [0.717, 1.165) is 19.4 Å². The van der Waals surface area contributed by atoms with Crippen molar-refractivity contribution >= 4 is 23.1 Å². The van der Waals surface area contributed by atoms with Crippen LogP contribution in [0.5, 0.6) is 0 Å². The van der Waals surface area contributed by atoms with Gasteiger partial charge >= 0.3 is 0 Å². The lowest BCUT2D eigenvalue weighted by molar-refractivity contribution is -0.122. The summed E-state index contributed by atoms with van der Waals surface area (Å²) in [5.74, 6) is -0.0857. The number of hydrogen-bond acceptors (Lipinski definition) is 3. The van der Waals surface area contributed by atoms with Gasteiger partial charge in [-0.05, 0) is 19.8 Å². The van der Waals surface area contributed by atoms with E-state index in [1.54, 1.807) is 0 Å². The smallest absolute Gasteiger partial charge is 0.227 e. The lowest BCUT2D eigenvalue weighted by Gasteiger charge is -2.35. The fraction of sp³-hybridized carbons (Fsp3) is 0.778. The summed E-state index contributed by atoms with van der Waals surface area (Å²) in [6.45, 7) is 2.71. The van der Waals surface area contributed by atoms with Crippen molar-refractivity contribution in [2.45, 2.75) is 38.3 Å². The molecule has 4 nitrogen and oxygen atoms in total. The Morgan fingerprint density at radius 2 is 2.29 bits per heavy atom. The lowest BCUT2D eigenvalue weighted by Crippen LogP contribution is -2.48. The molecular weight excluding hydrogens is 200 g/mol. The molecule has 0 heterocycles. The molecule has 1 aliphatic carbocycles. The van der Waals surface area contributed by atoms with E-state index in [2.05, 4.69) is 17.5 Å². The zero-order valence-corrected chi connectivity index (χ0v) is 9.10. The molecule has 0 atom stereocenters. The van der Waals surface area contributed by atoms with Crippen LogP contribution in [0, 0.1) is 0 Å². The van der Waals surface area contributed by atoms with Crippen LogP contribution in [0.2, 0.25) is 0 Å². The highest BCUT2D eigenvalue weighted by atomic mass is 32.1. The summed E-state index contributed by atoms with van der Waals surface area (Å²) in [5.41, 5.74) is 5.25. The molecule has 1 amide bonds. The molecule has 0 bridgehead atoms. The van der Waals surface area contributed by atoms with Crippen molar-refractivity contribution < 1.29 is 9.53 Å².